The second-order valence-corrected chi connectivity index (χ2v) is 5.85. The van der Waals surface area contributed by atoms with Crippen LogP contribution >= 0.6 is 0 Å². The molecule has 7 nitrogen and oxygen atoms in total. The molecular weight excluding hydrogens is 244 g/mol. The van der Waals surface area contributed by atoms with Gasteiger partial charge < -0.3 is 9.73 Å². The Morgan fingerprint density at radius 2 is 2.06 bits per heavy atom. The van der Waals surface area contributed by atoms with Gasteiger partial charge in [0.05, 0.1) is 5.75 Å². The number of hydrogen-bond donors (Lipinski definition) is 2. The van der Waals surface area contributed by atoms with Gasteiger partial charge in [0, 0.05) is 13.0 Å². The smallest absolute Gasteiger partial charge is 0.329 e. The number of sulfonamides is 1. The molecule has 0 unspecified atom stereocenters. The summed E-state index contributed by atoms with van der Waals surface area (Å²) in [6, 6.07) is 0.267. The summed E-state index contributed by atoms with van der Waals surface area (Å²) in [5, 5.41) is 10.2. The van der Waals surface area contributed by atoms with Crippen molar-refractivity contribution in [2.45, 2.75) is 33.2 Å². The van der Waals surface area contributed by atoms with Crippen LogP contribution in [0, 0.1) is 6.92 Å². The van der Waals surface area contributed by atoms with Crippen LogP contribution in [0.25, 0.3) is 0 Å². The number of aryl methyl sites for hydroxylation is 1. The Morgan fingerprint density at radius 1 is 1.35 bits per heavy atom. The first-order chi connectivity index (χ1) is 7.89. The third-order valence-corrected chi connectivity index (χ3v) is 3.22. The van der Waals surface area contributed by atoms with Crippen molar-refractivity contribution in [2.75, 3.05) is 17.0 Å². The molecule has 98 valence electrons. The van der Waals surface area contributed by atoms with E-state index < -0.39 is 10.0 Å². The summed E-state index contributed by atoms with van der Waals surface area (Å²) in [7, 11) is -3.41. The first kappa shape index (κ1) is 13.9. The molecule has 1 aromatic rings. The minimum absolute atomic E-state index is 0.0220. The summed E-state index contributed by atoms with van der Waals surface area (Å²) in [5.41, 5.74) is 0. The SMILES string of the molecule is Cc1nnc(NS(=O)(=O)CCCNC(C)C)o1. The molecule has 0 aliphatic carbocycles. The third-order valence-electron chi connectivity index (χ3n) is 1.91. The highest BCUT2D eigenvalue weighted by molar-refractivity contribution is 7.92. The molecule has 1 aromatic heterocycles. The molecule has 0 fully saturated rings. The van der Waals surface area contributed by atoms with Crippen LogP contribution in [0.4, 0.5) is 6.01 Å². The number of aromatic nitrogens is 2. The molecule has 1 rings (SSSR count). The highest BCUT2D eigenvalue weighted by Gasteiger charge is 2.13. The summed E-state index contributed by atoms with van der Waals surface area (Å²) >= 11 is 0. The lowest BCUT2D eigenvalue weighted by Gasteiger charge is -2.07. The van der Waals surface area contributed by atoms with Gasteiger partial charge in [-0.1, -0.05) is 18.9 Å². The van der Waals surface area contributed by atoms with E-state index in [4.69, 9.17) is 4.42 Å². The van der Waals surface area contributed by atoms with Gasteiger partial charge in [0.2, 0.25) is 15.9 Å². The average Bonchev–Trinajstić information content (AvgIpc) is 2.57. The Kier molecular flexibility index (Phi) is 4.88. The van der Waals surface area contributed by atoms with Crippen molar-refractivity contribution < 1.29 is 12.8 Å². The van der Waals surface area contributed by atoms with E-state index in [0.717, 1.165) is 0 Å². The van der Waals surface area contributed by atoms with Crippen molar-refractivity contribution in [2.24, 2.45) is 0 Å². The van der Waals surface area contributed by atoms with Crippen LogP contribution in [0.2, 0.25) is 0 Å². The first-order valence-electron chi connectivity index (χ1n) is 5.43. The predicted molar refractivity (Wildman–Crippen MR) is 64.2 cm³/mol. The van der Waals surface area contributed by atoms with Gasteiger partial charge in [-0.2, -0.15) is 0 Å². The fourth-order valence-corrected chi connectivity index (χ4v) is 2.15. The van der Waals surface area contributed by atoms with Crippen LogP contribution in [0.5, 0.6) is 0 Å². The van der Waals surface area contributed by atoms with E-state index in [-0.39, 0.29) is 11.8 Å². The largest absolute Gasteiger partial charge is 0.408 e. The van der Waals surface area contributed by atoms with E-state index in [0.29, 0.717) is 24.9 Å². The molecule has 0 saturated heterocycles. The van der Waals surface area contributed by atoms with Gasteiger partial charge in [0.25, 0.3) is 0 Å². The fourth-order valence-electron chi connectivity index (χ4n) is 1.17. The Hall–Kier alpha value is -1.15. The summed E-state index contributed by atoms with van der Waals surface area (Å²) in [4.78, 5) is 0. The van der Waals surface area contributed by atoms with Crippen molar-refractivity contribution in [3.63, 3.8) is 0 Å². The summed E-state index contributed by atoms with van der Waals surface area (Å²) in [6.45, 7) is 6.26. The van der Waals surface area contributed by atoms with Crippen molar-refractivity contribution >= 4 is 16.0 Å². The predicted octanol–water partition coefficient (Wildman–Crippen LogP) is 0.508. The number of hydrogen-bond acceptors (Lipinski definition) is 6. The Labute approximate surface area is 101 Å². The topological polar surface area (TPSA) is 97.1 Å². The number of anilines is 1. The van der Waals surface area contributed by atoms with Crippen molar-refractivity contribution in [1.29, 1.82) is 0 Å². The number of nitrogens with one attached hydrogen (secondary N) is 2. The quantitative estimate of drug-likeness (QED) is 0.695. The molecule has 0 atom stereocenters. The highest BCUT2D eigenvalue weighted by atomic mass is 32.2. The summed E-state index contributed by atoms with van der Waals surface area (Å²) in [5.74, 6) is 0.345. The third kappa shape index (κ3) is 5.64. The van der Waals surface area contributed by atoms with E-state index in [1.165, 1.54) is 0 Å². The van der Waals surface area contributed by atoms with Crippen LogP contribution in [0.3, 0.4) is 0 Å². The molecule has 0 aromatic carbocycles. The van der Waals surface area contributed by atoms with Crippen molar-refractivity contribution in [3.05, 3.63) is 5.89 Å². The minimum atomic E-state index is -3.41. The molecule has 8 heteroatoms. The van der Waals surface area contributed by atoms with Crippen molar-refractivity contribution in [3.8, 4) is 0 Å². The molecule has 0 radical (unpaired) electrons. The molecule has 0 aliphatic heterocycles. The molecule has 0 bridgehead atoms. The van der Waals surface area contributed by atoms with Gasteiger partial charge in [-0.15, -0.1) is 5.10 Å². The maximum absolute atomic E-state index is 11.6. The van der Waals surface area contributed by atoms with Gasteiger partial charge >= 0.3 is 6.01 Å². The first-order valence-corrected chi connectivity index (χ1v) is 7.08. The average molecular weight is 262 g/mol. The van der Waals surface area contributed by atoms with E-state index in [1.54, 1.807) is 6.92 Å². The highest BCUT2D eigenvalue weighted by Crippen LogP contribution is 2.06. The van der Waals surface area contributed by atoms with E-state index in [9.17, 15) is 8.42 Å². The van der Waals surface area contributed by atoms with Crippen LogP contribution in [0.1, 0.15) is 26.2 Å². The number of nitrogens with zero attached hydrogens (tertiary/aromatic N) is 2. The van der Waals surface area contributed by atoms with E-state index >= 15 is 0 Å². The maximum atomic E-state index is 11.6. The molecule has 2 N–H and O–H groups in total. The van der Waals surface area contributed by atoms with Gasteiger partial charge in [-0.25, -0.2) is 13.1 Å². The molecular formula is C9H18N4O3S. The normalized spacial score (nSPS) is 12.0. The van der Waals surface area contributed by atoms with Crippen LogP contribution in [0.15, 0.2) is 4.42 Å². The van der Waals surface area contributed by atoms with Gasteiger partial charge in [0.15, 0.2) is 0 Å². The molecule has 0 spiro atoms. The van der Waals surface area contributed by atoms with Crippen LogP contribution in [-0.2, 0) is 10.0 Å². The molecule has 0 saturated carbocycles. The molecule has 0 amide bonds. The molecule has 1 heterocycles. The Morgan fingerprint density at radius 3 is 2.59 bits per heavy atom. The van der Waals surface area contributed by atoms with Crippen molar-refractivity contribution in [1.82, 2.24) is 15.5 Å². The molecule has 17 heavy (non-hydrogen) atoms. The number of rotatable bonds is 7. The summed E-state index contributed by atoms with van der Waals surface area (Å²) < 4.78 is 30.3. The second-order valence-electron chi connectivity index (χ2n) is 4.01. The van der Waals surface area contributed by atoms with Crippen LogP contribution < -0.4 is 10.0 Å². The second kappa shape index (κ2) is 5.97. The minimum Gasteiger partial charge on any atom is -0.408 e. The lowest BCUT2D eigenvalue weighted by Crippen LogP contribution is -2.26. The van der Waals surface area contributed by atoms with E-state index in [1.807, 2.05) is 13.8 Å². The zero-order valence-electron chi connectivity index (χ0n) is 10.2. The zero-order valence-corrected chi connectivity index (χ0v) is 11.0. The lowest BCUT2D eigenvalue weighted by atomic mass is 10.4. The maximum Gasteiger partial charge on any atom is 0.329 e. The standard InChI is InChI=1S/C9H18N4O3S/c1-7(2)10-5-4-6-17(14,15)13-9-12-11-8(3)16-9/h7,10H,4-6H2,1-3H3,(H,12,13). The Bertz CT molecular complexity index is 441. The van der Waals surface area contributed by atoms with Gasteiger partial charge in [-0.05, 0) is 13.0 Å². The van der Waals surface area contributed by atoms with Gasteiger partial charge in [0.1, 0.15) is 0 Å². The fraction of sp³-hybridized carbons (Fsp3) is 0.778. The lowest BCUT2D eigenvalue weighted by molar-refractivity contribution is 0.533. The summed E-state index contributed by atoms with van der Waals surface area (Å²) in [6.07, 6.45) is 0.528. The van der Waals surface area contributed by atoms with Gasteiger partial charge in [-0.3, -0.25) is 0 Å². The molecule has 0 aliphatic rings. The monoisotopic (exact) mass is 262 g/mol. The zero-order chi connectivity index (χ0) is 12.9. The van der Waals surface area contributed by atoms with E-state index in [2.05, 4.69) is 20.2 Å². The van der Waals surface area contributed by atoms with Crippen LogP contribution in [-0.4, -0.2) is 37.0 Å². The Balaban J connectivity index is 2.36.